The molecule has 3 heteroatoms. The molecule has 1 aromatic heterocycles. The van der Waals surface area contributed by atoms with Crippen molar-refractivity contribution in [3.05, 3.63) is 108 Å². The van der Waals surface area contributed by atoms with Crippen LogP contribution in [-0.2, 0) is 6.54 Å². The van der Waals surface area contributed by atoms with E-state index in [0.29, 0.717) is 12.4 Å². The van der Waals surface area contributed by atoms with Crippen molar-refractivity contribution in [1.29, 1.82) is 0 Å². The lowest BCUT2D eigenvalue weighted by molar-refractivity contribution is 0.669. The van der Waals surface area contributed by atoms with E-state index in [2.05, 4.69) is 72.4 Å². The predicted octanol–water partition coefficient (Wildman–Crippen LogP) is 6.90. The summed E-state index contributed by atoms with van der Waals surface area (Å²) in [7, 11) is 0. The van der Waals surface area contributed by atoms with Gasteiger partial charge < -0.3 is 4.42 Å². The minimum atomic E-state index is 0.543. The molecule has 0 atom stereocenters. The number of aliphatic imine (C=N–C) groups is 2. The highest BCUT2D eigenvalue weighted by Crippen LogP contribution is 2.29. The molecular formula is C27H20N2O. The van der Waals surface area contributed by atoms with Gasteiger partial charge in [-0.05, 0) is 41.6 Å². The van der Waals surface area contributed by atoms with Gasteiger partial charge in [-0.3, -0.25) is 4.99 Å². The molecule has 0 spiro atoms. The Balaban J connectivity index is 1.41. The predicted molar refractivity (Wildman–Crippen MR) is 125 cm³/mol. The van der Waals surface area contributed by atoms with Crippen LogP contribution in [0.5, 0.6) is 0 Å². The summed E-state index contributed by atoms with van der Waals surface area (Å²) in [5.74, 6) is 0.615. The Morgan fingerprint density at radius 1 is 0.700 bits per heavy atom. The Bertz CT molecular complexity index is 1360. The second-order valence-corrected chi connectivity index (χ2v) is 7.17. The third-order valence-corrected chi connectivity index (χ3v) is 5.26. The van der Waals surface area contributed by atoms with Gasteiger partial charge in [0.25, 0.3) is 0 Å². The van der Waals surface area contributed by atoms with Crippen LogP contribution in [0, 0.1) is 0 Å². The number of hydrogen-bond donors (Lipinski definition) is 0. The second-order valence-electron chi connectivity index (χ2n) is 7.17. The maximum Gasteiger partial charge on any atom is 0.154 e. The Hall–Kier alpha value is -3.98. The number of benzene rings is 4. The highest BCUT2D eigenvalue weighted by atomic mass is 16.3. The molecule has 4 aromatic carbocycles. The van der Waals surface area contributed by atoms with Crippen molar-refractivity contribution < 1.29 is 4.42 Å². The zero-order chi connectivity index (χ0) is 20.3. The first kappa shape index (κ1) is 18.1. The molecule has 0 saturated carbocycles. The van der Waals surface area contributed by atoms with E-state index in [-0.39, 0.29) is 0 Å². The van der Waals surface area contributed by atoms with Gasteiger partial charge in [0, 0.05) is 16.3 Å². The van der Waals surface area contributed by atoms with E-state index in [0.717, 1.165) is 33.1 Å². The molecule has 0 unspecified atom stereocenters. The summed E-state index contributed by atoms with van der Waals surface area (Å²) in [5, 5.41) is 2.21. The third kappa shape index (κ3) is 3.42. The minimum Gasteiger partial charge on any atom is -0.456 e. The zero-order valence-corrected chi connectivity index (χ0v) is 16.5. The van der Waals surface area contributed by atoms with Crippen LogP contribution in [-0.4, -0.2) is 12.6 Å². The SMILES string of the molecule is C=NC(=NCc1ccc(-c2ccccc2)cc1)c1ccc2c(c1)oc1ccccc12. The highest BCUT2D eigenvalue weighted by molar-refractivity contribution is 6.09. The fourth-order valence-corrected chi connectivity index (χ4v) is 3.70. The second kappa shape index (κ2) is 7.80. The van der Waals surface area contributed by atoms with E-state index in [4.69, 9.17) is 9.41 Å². The van der Waals surface area contributed by atoms with Gasteiger partial charge in [0.15, 0.2) is 5.84 Å². The van der Waals surface area contributed by atoms with Gasteiger partial charge in [0.1, 0.15) is 11.2 Å². The van der Waals surface area contributed by atoms with Gasteiger partial charge in [0.2, 0.25) is 0 Å². The summed E-state index contributed by atoms with van der Waals surface area (Å²) in [6, 6.07) is 32.9. The molecule has 0 N–H and O–H groups in total. The molecule has 0 saturated heterocycles. The van der Waals surface area contributed by atoms with Crippen LogP contribution in [0.2, 0.25) is 0 Å². The van der Waals surface area contributed by atoms with E-state index >= 15 is 0 Å². The summed E-state index contributed by atoms with van der Waals surface area (Å²) in [4.78, 5) is 8.85. The lowest BCUT2D eigenvalue weighted by Crippen LogP contribution is -1.97. The molecule has 1 heterocycles. The molecule has 0 aliphatic carbocycles. The first-order chi connectivity index (χ1) is 14.8. The van der Waals surface area contributed by atoms with Crippen molar-refractivity contribution >= 4 is 34.5 Å². The van der Waals surface area contributed by atoms with Gasteiger partial charge in [-0.1, -0.05) is 78.9 Å². The van der Waals surface area contributed by atoms with Crippen LogP contribution in [0.4, 0.5) is 0 Å². The summed E-state index contributed by atoms with van der Waals surface area (Å²) in [6.45, 7) is 4.26. The fourth-order valence-electron chi connectivity index (χ4n) is 3.70. The van der Waals surface area contributed by atoms with Crippen molar-refractivity contribution in [2.24, 2.45) is 9.98 Å². The van der Waals surface area contributed by atoms with Crippen LogP contribution in [0.3, 0.4) is 0 Å². The average Bonchev–Trinajstić information content (AvgIpc) is 3.18. The number of amidine groups is 1. The number of rotatable bonds is 4. The molecule has 0 fully saturated rings. The summed E-state index contributed by atoms with van der Waals surface area (Å²) >= 11 is 0. The van der Waals surface area contributed by atoms with E-state index in [1.54, 1.807) is 0 Å². The molecule has 144 valence electrons. The Morgan fingerprint density at radius 2 is 1.40 bits per heavy atom. The van der Waals surface area contributed by atoms with Crippen LogP contribution in [0.1, 0.15) is 11.1 Å². The lowest BCUT2D eigenvalue weighted by atomic mass is 10.0. The smallest absolute Gasteiger partial charge is 0.154 e. The maximum atomic E-state index is 5.99. The van der Waals surface area contributed by atoms with Crippen molar-refractivity contribution in [3.8, 4) is 11.1 Å². The number of para-hydroxylation sites is 1. The van der Waals surface area contributed by atoms with Crippen LogP contribution < -0.4 is 0 Å². The summed E-state index contributed by atoms with van der Waals surface area (Å²) in [5.41, 5.74) is 6.14. The standard InChI is InChI=1S/C27H20N2O/c1-28-27(22-15-16-24-23-9-5-6-10-25(23)30-26(24)17-22)29-18-19-11-13-21(14-12-19)20-7-3-2-4-8-20/h2-17H,1,18H2. The number of nitrogens with zero attached hydrogens (tertiary/aromatic N) is 2. The maximum absolute atomic E-state index is 5.99. The average molecular weight is 388 g/mol. The molecule has 30 heavy (non-hydrogen) atoms. The molecule has 0 amide bonds. The van der Waals surface area contributed by atoms with Gasteiger partial charge in [-0.25, -0.2) is 4.99 Å². The van der Waals surface area contributed by atoms with Gasteiger partial charge in [0.05, 0.1) is 6.54 Å². The molecule has 5 rings (SSSR count). The normalized spacial score (nSPS) is 11.8. The molecule has 3 nitrogen and oxygen atoms in total. The first-order valence-electron chi connectivity index (χ1n) is 9.89. The molecule has 0 radical (unpaired) electrons. The molecule has 5 aromatic rings. The fraction of sp³-hybridized carbons (Fsp3) is 0.0370. The van der Waals surface area contributed by atoms with E-state index < -0.39 is 0 Å². The number of hydrogen-bond acceptors (Lipinski definition) is 2. The van der Waals surface area contributed by atoms with Gasteiger partial charge in [-0.2, -0.15) is 0 Å². The number of fused-ring (bicyclic) bond motifs is 3. The summed E-state index contributed by atoms with van der Waals surface area (Å²) in [6.07, 6.45) is 0. The molecule has 0 aliphatic rings. The Kier molecular flexibility index (Phi) is 4.70. The topological polar surface area (TPSA) is 37.9 Å². The van der Waals surface area contributed by atoms with Gasteiger partial charge in [-0.15, -0.1) is 0 Å². The monoisotopic (exact) mass is 388 g/mol. The summed E-state index contributed by atoms with van der Waals surface area (Å²) < 4.78 is 5.99. The van der Waals surface area contributed by atoms with Crippen LogP contribution in [0.15, 0.2) is 111 Å². The quantitative estimate of drug-likeness (QED) is 0.244. The van der Waals surface area contributed by atoms with Gasteiger partial charge >= 0.3 is 0 Å². The van der Waals surface area contributed by atoms with Crippen molar-refractivity contribution in [2.75, 3.05) is 0 Å². The lowest BCUT2D eigenvalue weighted by Gasteiger charge is -2.04. The zero-order valence-electron chi connectivity index (χ0n) is 16.5. The molecule has 0 aliphatic heterocycles. The molecule has 0 bridgehead atoms. The van der Waals surface area contributed by atoms with Crippen LogP contribution in [0.25, 0.3) is 33.1 Å². The van der Waals surface area contributed by atoms with E-state index in [9.17, 15) is 0 Å². The van der Waals surface area contributed by atoms with Crippen molar-refractivity contribution in [2.45, 2.75) is 6.54 Å². The van der Waals surface area contributed by atoms with Crippen molar-refractivity contribution in [3.63, 3.8) is 0 Å². The van der Waals surface area contributed by atoms with Crippen molar-refractivity contribution in [1.82, 2.24) is 0 Å². The number of furan rings is 1. The third-order valence-electron chi connectivity index (χ3n) is 5.26. The van der Waals surface area contributed by atoms with E-state index in [1.165, 1.54) is 11.1 Å². The Labute approximate surface area is 175 Å². The first-order valence-corrected chi connectivity index (χ1v) is 9.89. The molecular weight excluding hydrogens is 368 g/mol. The largest absolute Gasteiger partial charge is 0.456 e. The van der Waals surface area contributed by atoms with E-state index in [1.807, 2.05) is 36.4 Å². The Morgan fingerprint density at radius 3 is 2.20 bits per heavy atom. The highest BCUT2D eigenvalue weighted by Gasteiger charge is 2.09. The van der Waals surface area contributed by atoms with Crippen LogP contribution >= 0.6 is 0 Å². The minimum absolute atomic E-state index is 0.543.